The minimum absolute atomic E-state index is 0.00146. The molecule has 2 heterocycles. The third kappa shape index (κ3) is 10.2. The summed E-state index contributed by atoms with van der Waals surface area (Å²) in [6.45, 7) is 8.17. The van der Waals surface area contributed by atoms with Gasteiger partial charge in [-0.05, 0) is 54.8 Å². The van der Waals surface area contributed by atoms with E-state index in [1.807, 2.05) is 97.9 Å². The van der Waals surface area contributed by atoms with Crippen molar-refractivity contribution in [1.29, 1.82) is 0 Å². The molecule has 53 heavy (non-hydrogen) atoms. The minimum Gasteiger partial charge on any atom is -0.491 e. The van der Waals surface area contributed by atoms with Crippen LogP contribution in [0, 0.1) is 6.92 Å². The van der Waals surface area contributed by atoms with E-state index in [1.165, 1.54) is 0 Å². The highest BCUT2D eigenvalue weighted by Crippen LogP contribution is 2.34. The number of amides is 2. The van der Waals surface area contributed by atoms with Gasteiger partial charge in [-0.2, -0.15) is 10.1 Å². The molecule has 0 saturated carbocycles. The van der Waals surface area contributed by atoms with Crippen molar-refractivity contribution in [2.75, 3.05) is 50.3 Å². The molecule has 0 aliphatic rings. The molecule has 12 nitrogen and oxygen atoms in total. The number of carbonyl (C=O) groups excluding carboxylic acids is 1. The summed E-state index contributed by atoms with van der Waals surface area (Å²) in [6.07, 6.45) is 2.15. The number of urea groups is 1. The number of nitrogens with one attached hydrogen (secondary N) is 2. The predicted molar refractivity (Wildman–Crippen MR) is 205 cm³/mol. The molecule has 0 bridgehead atoms. The first-order chi connectivity index (χ1) is 25.9. The van der Waals surface area contributed by atoms with Gasteiger partial charge in [0.15, 0.2) is 0 Å². The molecule has 6 aromatic rings. The lowest BCUT2D eigenvalue weighted by Crippen LogP contribution is -2.21. The van der Waals surface area contributed by atoms with E-state index in [0.29, 0.717) is 68.4 Å². The fourth-order valence-electron chi connectivity index (χ4n) is 5.56. The van der Waals surface area contributed by atoms with Gasteiger partial charge in [0.2, 0.25) is 5.88 Å². The van der Waals surface area contributed by atoms with Gasteiger partial charge in [0, 0.05) is 35.5 Å². The van der Waals surface area contributed by atoms with Gasteiger partial charge in [-0.1, -0.05) is 67.9 Å². The van der Waals surface area contributed by atoms with Crippen molar-refractivity contribution < 1.29 is 28.8 Å². The van der Waals surface area contributed by atoms with Gasteiger partial charge in [-0.3, -0.25) is 5.32 Å². The molecular weight excluding hydrogens is 672 g/mol. The number of fused-ring (bicyclic) bond motifs is 1. The van der Waals surface area contributed by atoms with Crippen LogP contribution in [0.15, 0.2) is 103 Å². The summed E-state index contributed by atoms with van der Waals surface area (Å²) in [4.78, 5) is 22.6. The summed E-state index contributed by atoms with van der Waals surface area (Å²) in [7, 11) is 0. The summed E-state index contributed by atoms with van der Waals surface area (Å²) in [6, 6.07) is 30.4. The summed E-state index contributed by atoms with van der Waals surface area (Å²) in [5, 5.41) is 21.1. The molecule has 0 spiro atoms. The van der Waals surface area contributed by atoms with Gasteiger partial charge in [0.25, 0.3) is 0 Å². The van der Waals surface area contributed by atoms with E-state index in [-0.39, 0.29) is 12.5 Å². The quantitative estimate of drug-likeness (QED) is 0.0811. The zero-order chi connectivity index (χ0) is 37.0. The molecule has 0 unspecified atom stereocenters. The van der Waals surface area contributed by atoms with Crippen LogP contribution >= 0.6 is 0 Å². The zero-order valence-electron chi connectivity index (χ0n) is 30.1. The third-order valence-corrected chi connectivity index (χ3v) is 8.23. The second-order valence-electron chi connectivity index (χ2n) is 12.6. The SMILES string of the molecule is Cc1ccc(-n2nc(C(C)C)cc2NC(=O)Nc2ccc(Oc3ccnc(Cc4cccc(OCCOCCOCCO)c4)n3)c3ccccc23)cc1. The number of nitrogens with zero attached hydrogens (tertiary/aromatic N) is 4. The van der Waals surface area contributed by atoms with E-state index in [1.54, 1.807) is 16.9 Å². The normalized spacial score (nSPS) is 11.2. The Kier molecular flexibility index (Phi) is 12.6. The number of aryl methyl sites for hydroxylation is 1. The largest absolute Gasteiger partial charge is 0.491 e. The average molecular weight is 717 g/mol. The number of ether oxygens (including phenoxy) is 4. The highest BCUT2D eigenvalue weighted by Gasteiger charge is 2.16. The number of benzene rings is 4. The molecule has 274 valence electrons. The standard InChI is InChI=1S/C41H44N6O6/c1-28(2)36-27-39(47(46-36)31-13-11-29(3)12-14-31)45-41(49)43-35-15-16-37(34-10-5-4-9-33(34)35)53-40-17-18-42-38(44-40)26-30-7-6-8-32(25-30)52-24-23-51-22-21-50-20-19-48/h4-18,25,27-28,48H,19-24,26H2,1-3H3,(H2,43,45,49). The molecule has 12 heteroatoms. The van der Waals surface area contributed by atoms with Crippen LogP contribution in [-0.2, 0) is 15.9 Å². The molecule has 2 aromatic heterocycles. The minimum atomic E-state index is -0.393. The lowest BCUT2D eigenvalue weighted by Gasteiger charge is -2.14. The Morgan fingerprint density at radius 1 is 0.830 bits per heavy atom. The Morgan fingerprint density at radius 2 is 1.60 bits per heavy atom. The average Bonchev–Trinajstić information content (AvgIpc) is 3.58. The molecule has 3 N–H and O–H groups in total. The topological polar surface area (TPSA) is 142 Å². The van der Waals surface area contributed by atoms with Crippen LogP contribution in [0.4, 0.5) is 16.3 Å². The van der Waals surface area contributed by atoms with Crippen LogP contribution < -0.4 is 20.1 Å². The van der Waals surface area contributed by atoms with Gasteiger partial charge in [0.1, 0.15) is 29.7 Å². The monoisotopic (exact) mass is 716 g/mol. The Morgan fingerprint density at radius 3 is 2.40 bits per heavy atom. The molecule has 0 atom stereocenters. The maximum absolute atomic E-state index is 13.4. The van der Waals surface area contributed by atoms with E-state index in [0.717, 1.165) is 39.0 Å². The fourth-order valence-corrected chi connectivity index (χ4v) is 5.56. The Balaban J connectivity index is 1.10. The van der Waals surface area contributed by atoms with E-state index >= 15 is 0 Å². The maximum atomic E-state index is 13.4. The van der Waals surface area contributed by atoms with Crippen LogP contribution in [0.2, 0.25) is 0 Å². The van der Waals surface area contributed by atoms with Crippen molar-refractivity contribution in [3.63, 3.8) is 0 Å². The second kappa shape index (κ2) is 18.1. The van der Waals surface area contributed by atoms with Gasteiger partial charge >= 0.3 is 6.03 Å². The van der Waals surface area contributed by atoms with Gasteiger partial charge in [0.05, 0.1) is 50.1 Å². The summed E-state index contributed by atoms with van der Waals surface area (Å²) >= 11 is 0. The number of aliphatic hydroxyl groups excluding tert-OH is 1. The van der Waals surface area contributed by atoms with Gasteiger partial charge in [-0.15, -0.1) is 0 Å². The predicted octanol–water partition coefficient (Wildman–Crippen LogP) is 7.68. The maximum Gasteiger partial charge on any atom is 0.324 e. The molecule has 2 amide bonds. The van der Waals surface area contributed by atoms with E-state index < -0.39 is 6.03 Å². The Bertz CT molecular complexity index is 2120. The first-order valence-corrected chi connectivity index (χ1v) is 17.6. The lowest BCUT2D eigenvalue weighted by molar-refractivity contribution is 0.0247. The third-order valence-electron chi connectivity index (χ3n) is 8.23. The van der Waals surface area contributed by atoms with Crippen molar-refractivity contribution in [2.45, 2.75) is 33.1 Å². The number of hydrogen-bond acceptors (Lipinski definition) is 9. The summed E-state index contributed by atoms with van der Waals surface area (Å²) in [5.41, 5.74) is 4.48. The van der Waals surface area contributed by atoms with Crippen LogP contribution in [-0.4, -0.2) is 70.5 Å². The summed E-state index contributed by atoms with van der Waals surface area (Å²) in [5.74, 6) is 3.06. The number of carbonyl (C=O) groups is 1. The number of aromatic nitrogens is 4. The highest BCUT2D eigenvalue weighted by molar-refractivity contribution is 6.07. The lowest BCUT2D eigenvalue weighted by atomic mass is 10.1. The molecule has 0 aliphatic carbocycles. The number of rotatable bonds is 17. The number of anilines is 2. The molecule has 4 aromatic carbocycles. The fraction of sp³-hybridized carbons (Fsp3) is 0.268. The first-order valence-electron chi connectivity index (χ1n) is 17.6. The first kappa shape index (κ1) is 37.0. The van der Waals surface area contributed by atoms with Crippen molar-refractivity contribution >= 4 is 28.3 Å². The molecule has 6 rings (SSSR count). The second-order valence-corrected chi connectivity index (χ2v) is 12.6. The number of hydrogen-bond donors (Lipinski definition) is 3. The molecule has 0 fully saturated rings. The van der Waals surface area contributed by atoms with E-state index in [9.17, 15) is 4.79 Å². The Labute approximate surface area is 308 Å². The van der Waals surface area contributed by atoms with Crippen LogP contribution in [0.5, 0.6) is 17.4 Å². The molecule has 0 saturated heterocycles. The molecular formula is C41H44N6O6. The smallest absolute Gasteiger partial charge is 0.324 e. The van der Waals surface area contributed by atoms with Crippen molar-refractivity contribution in [3.8, 4) is 23.1 Å². The van der Waals surface area contributed by atoms with E-state index in [2.05, 4.69) is 34.4 Å². The van der Waals surface area contributed by atoms with Crippen LogP contribution in [0.1, 0.15) is 42.4 Å². The van der Waals surface area contributed by atoms with Crippen molar-refractivity contribution in [1.82, 2.24) is 19.7 Å². The number of aliphatic hydroxyl groups is 1. The molecule has 0 radical (unpaired) electrons. The van der Waals surface area contributed by atoms with Crippen molar-refractivity contribution in [2.24, 2.45) is 0 Å². The zero-order valence-corrected chi connectivity index (χ0v) is 30.1. The van der Waals surface area contributed by atoms with E-state index in [4.69, 9.17) is 29.2 Å². The van der Waals surface area contributed by atoms with Crippen LogP contribution in [0.25, 0.3) is 16.5 Å². The van der Waals surface area contributed by atoms with Crippen LogP contribution in [0.3, 0.4) is 0 Å². The van der Waals surface area contributed by atoms with Gasteiger partial charge in [-0.25, -0.2) is 14.5 Å². The van der Waals surface area contributed by atoms with Crippen molar-refractivity contribution in [3.05, 3.63) is 126 Å². The highest BCUT2D eigenvalue weighted by atomic mass is 16.5. The summed E-state index contributed by atoms with van der Waals surface area (Å²) < 4.78 is 24.6. The molecule has 0 aliphatic heterocycles. The van der Waals surface area contributed by atoms with Gasteiger partial charge < -0.3 is 29.4 Å². The Hall–Kier alpha value is -5.82.